The molecule has 1 unspecified atom stereocenters. The maximum atomic E-state index is 10.4. The van der Waals surface area contributed by atoms with Gasteiger partial charge in [0.05, 0.1) is 6.04 Å². The van der Waals surface area contributed by atoms with Crippen molar-refractivity contribution in [3.63, 3.8) is 0 Å². The molecule has 0 rings (SSSR count). The van der Waals surface area contributed by atoms with Crippen LogP contribution in [-0.4, -0.2) is 19.4 Å². The van der Waals surface area contributed by atoms with Gasteiger partial charge in [0, 0.05) is 0 Å². The van der Waals surface area contributed by atoms with E-state index in [0.717, 1.165) is 25.5 Å². The van der Waals surface area contributed by atoms with E-state index in [1.165, 1.54) is 19.3 Å². The Morgan fingerprint density at radius 1 is 1.20 bits per heavy atom. The molecular formula is C13H27NO. The first kappa shape index (κ1) is 16.8. The molecule has 0 radical (unpaired) electrons. The normalized spacial score (nSPS) is 11.1. The van der Waals surface area contributed by atoms with Crippen molar-refractivity contribution in [3.8, 4) is 0 Å². The topological polar surface area (TPSA) is 29.1 Å². The molecule has 0 heterocycles. The molecule has 0 saturated heterocycles. The quantitative estimate of drug-likeness (QED) is 0.361. The van der Waals surface area contributed by atoms with Crippen LogP contribution < -0.4 is 5.32 Å². The zero-order valence-electron chi connectivity index (χ0n) is 10.6. The molecule has 0 aromatic rings. The Bertz CT molecular complexity index is 134. The summed E-state index contributed by atoms with van der Waals surface area (Å²) in [5.41, 5.74) is 0. The number of nitrogens with one attached hydrogen (secondary N) is 1. The minimum absolute atomic E-state index is 0.0550. The van der Waals surface area contributed by atoms with Crippen molar-refractivity contribution in [3.05, 3.63) is 12.7 Å². The van der Waals surface area contributed by atoms with E-state index >= 15 is 0 Å². The molecule has 0 spiro atoms. The van der Waals surface area contributed by atoms with Crippen molar-refractivity contribution in [2.45, 2.75) is 58.4 Å². The molecular weight excluding hydrogens is 186 g/mol. The summed E-state index contributed by atoms with van der Waals surface area (Å²) in [6, 6.07) is 0.0550. The van der Waals surface area contributed by atoms with Gasteiger partial charge in [-0.1, -0.05) is 39.2 Å². The lowest BCUT2D eigenvalue weighted by atomic mass is 10.1. The van der Waals surface area contributed by atoms with E-state index < -0.39 is 0 Å². The summed E-state index contributed by atoms with van der Waals surface area (Å²) < 4.78 is 0. The van der Waals surface area contributed by atoms with Crippen molar-refractivity contribution in [2.75, 3.05) is 7.05 Å². The molecule has 0 aromatic heterocycles. The monoisotopic (exact) mass is 213 g/mol. The highest BCUT2D eigenvalue weighted by molar-refractivity contribution is 5.57. The Balaban J connectivity index is 0. The van der Waals surface area contributed by atoms with E-state index in [1.54, 1.807) is 0 Å². The number of hydrogen-bond donors (Lipinski definition) is 1. The molecule has 0 aliphatic rings. The molecule has 0 fully saturated rings. The summed E-state index contributed by atoms with van der Waals surface area (Å²) >= 11 is 0. The van der Waals surface area contributed by atoms with Crippen molar-refractivity contribution < 1.29 is 4.79 Å². The van der Waals surface area contributed by atoms with Gasteiger partial charge < -0.3 is 10.1 Å². The second-order valence-corrected chi connectivity index (χ2v) is 3.31. The molecule has 1 N–H and O–H groups in total. The first-order valence-corrected chi connectivity index (χ1v) is 6.08. The molecule has 1 atom stereocenters. The smallest absolute Gasteiger partial charge is 0.136 e. The van der Waals surface area contributed by atoms with Gasteiger partial charge in [-0.2, -0.15) is 0 Å². The van der Waals surface area contributed by atoms with Gasteiger partial charge in [0.2, 0.25) is 0 Å². The SMILES string of the molecule is C=CCCCCCCC(C=O)NC.CC. The first-order chi connectivity index (χ1) is 7.35. The van der Waals surface area contributed by atoms with Gasteiger partial charge in [0.1, 0.15) is 6.29 Å². The number of carbonyl (C=O) groups is 1. The van der Waals surface area contributed by atoms with Crippen molar-refractivity contribution in [2.24, 2.45) is 0 Å². The van der Waals surface area contributed by atoms with Crippen molar-refractivity contribution >= 4 is 6.29 Å². The van der Waals surface area contributed by atoms with E-state index in [1.807, 2.05) is 27.0 Å². The third-order valence-corrected chi connectivity index (χ3v) is 2.21. The van der Waals surface area contributed by atoms with Gasteiger partial charge in [-0.05, 0) is 26.3 Å². The summed E-state index contributed by atoms with van der Waals surface area (Å²) in [6.07, 6.45) is 9.88. The van der Waals surface area contributed by atoms with Crippen LogP contribution in [0.4, 0.5) is 0 Å². The van der Waals surface area contributed by atoms with E-state index in [4.69, 9.17) is 0 Å². The molecule has 0 aliphatic carbocycles. The van der Waals surface area contributed by atoms with Crippen LogP contribution in [0.3, 0.4) is 0 Å². The van der Waals surface area contributed by atoms with E-state index in [2.05, 4.69) is 11.9 Å². The molecule has 0 aliphatic heterocycles. The highest BCUT2D eigenvalue weighted by atomic mass is 16.1. The molecule has 90 valence electrons. The van der Waals surface area contributed by atoms with Crippen LogP contribution in [0.1, 0.15) is 52.4 Å². The number of carbonyl (C=O) groups excluding carboxylic acids is 1. The summed E-state index contributed by atoms with van der Waals surface area (Å²) in [6.45, 7) is 7.68. The Hall–Kier alpha value is -0.630. The zero-order valence-corrected chi connectivity index (χ0v) is 10.6. The summed E-state index contributed by atoms with van der Waals surface area (Å²) in [5.74, 6) is 0. The number of allylic oxidation sites excluding steroid dienone is 1. The van der Waals surface area contributed by atoms with Crippen LogP contribution in [-0.2, 0) is 4.79 Å². The van der Waals surface area contributed by atoms with Crippen molar-refractivity contribution in [1.29, 1.82) is 0 Å². The molecule has 2 heteroatoms. The fourth-order valence-corrected chi connectivity index (χ4v) is 1.29. The Kier molecular flexibility index (Phi) is 17.7. The second-order valence-electron chi connectivity index (χ2n) is 3.31. The van der Waals surface area contributed by atoms with Crippen molar-refractivity contribution in [1.82, 2.24) is 5.32 Å². The number of hydrogen-bond acceptors (Lipinski definition) is 2. The summed E-state index contributed by atoms with van der Waals surface area (Å²) in [7, 11) is 1.83. The lowest BCUT2D eigenvalue weighted by Crippen LogP contribution is -2.26. The summed E-state index contributed by atoms with van der Waals surface area (Å²) in [5, 5.41) is 2.97. The van der Waals surface area contributed by atoms with Crippen LogP contribution in [0.15, 0.2) is 12.7 Å². The highest BCUT2D eigenvalue weighted by Crippen LogP contribution is 2.06. The van der Waals surface area contributed by atoms with Gasteiger partial charge in [0.15, 0.2) is 0 Å². The molecule has 2 nitrogen and oxygen atoms in total. The fraction of sp³-hybridized carbons (Fsp3) is 0.769. The van der Waals surface area contributed by atoms with E-state index in [-0.39, 0.29) is 6.04 Å². The number of unbranched alkanes of at least 4 members (excludes halogenated alkanes) is 4. The maximum Gasteiger partial charge on any atom is 0.136 e. The number of rotatable bonds is 9. The molecule has 0 amide bonds. The Labute approximate surface area is 95.1 Å². The van der Waals surface area contributed by atoms with Crippen LogP contribution in [0.2, 0.25) is 0 Å². The average molecular weight is 213 g/mol. The van der Waals surface area contributed by atoms with Gasteiger partial charge in [-0.3, -0.25) is 0 Å². The third-order valence-electron chi connectivity index (χ3n) is 2.21. The van der Waals surface area contributed by atoms with Gasteiger partial charge >= 0.3 is 0 Å². The van der Waals surface area contributed by atoms with E-state index in [9.17, 15) is 4.79 Å². The van der Waals surface area contributed by atoms with Crippen LogP contribution in [0.5, 0.6) is 0 Å². The van der Waals surface area contributed by atoms with E-state index in [0.29, 0.717) is 0 Å². The second kappa shape index (κ2) is 15.8. The fourth-order valence-electron chi connectivity index (χ4n) is 1.29. The molecule has 0 bridgehead atoms. The van der Waals surface area contributed by atoms with Crippen LogP contribution >= 0.6 is 0 Å². The van der Waals surface area contributed by atoms with Crippen LogP contribution in [0, 0.1) is 0 Å². The highest BCUT2D eigenvalue weighted by Gasteiger charge is 2.01. The average Bonchev–Trinajstić information content (AvgIpc) is 2.31. The van der Waals surface area contributed by atoms with Crippen LogP contribution in [0.25, 0.3) is 0 Å². The van der Waals surface area contributed by atoms with Gasteiger partial charge in [-0.25, -0.2) is 0 Å². The number of likely N-dealkylation sites (N-methyl/N-ethyl adjacent to an activating group) is 1. The minimum Gasteiger partial charge on any atom is -0.311 e. The predicted octanol–water partition coefficient (Wildman–Crippen LogP) is 3.33. The molecule has 0 aromatic carbocycles. The summed E-state index contributed by atoms with van der Waals surface area (Å²) in [4.78, 5) is 10.4. The zero-order chi connectivity index (χ0) is 11.9. The predicted molar refractivity (Wildman–Crippen MR) is 68.2 cm³/mol. The Morgan fingerprint density at radius 3 is 2.27 bits per heavy atom. The third kappa shape index (κ3) is 13.4. The van der Waals surface area contributed by atoms with Gasteiger partial charge in [-0.15, -0.1) is 6.58 Å². The minimum atomic E-state index is 0.0550. The maximum absolute atomic E-state index is 10.4. The molecule has 0 saturated carbocycles. The lowest BCUT2D eigenvalue weighted by molar-refractivity contribution is -0.109. The standard InChI is InChI=1S/C11H21NO.C2H6/c1-3-4-5-6-7-8-9-11(10-13)12-2;1-2/h3,10-12H,1,4-9H2,2H3;1-2H3. The largest absolute Gasteiger partial charge is 0.311 e. The molecule has 15 heavy (non-hydrogen) atoms. The van der Waals surface area contributed by atoms with Gasteiger partial charge in [0.25, 0.3) is 0 Å². The first-order valence-electron chi connectivity index (χ1n) is 6.08. The Morgan fingerprint density at radius 2 is 1.80 bits per heavy atom. The lowest BCUT2D eigenvalue weighted by Gasteiger charge is -2.07. The number of aldehydes is 1.